The molecule has 3 heterocycles. The zero-order valence-electron chi connectivity index (χ0n) is 26.0. The van der Waals surface area contributed by atoms with E-state index in [0.29, 0.717) is 48.9 Å². The monoisotopic (exact) mass is 732 g/mol. The van der Waals surface area contributed by atoms with Crippen LogP contribution in [0.2, 0.25) is 0 Å². The van der Waals surface area contributed by atoms with Crippen molar-refractivity contribution >= 4 is 65.6 Å². The number of aryl methyl sites for hydroxylation is 2. The predicted octanol–water partition coefficient (Wildman–Crippen LogP) is 5.88. The lowest BCUT2D eigenvalue weighted by Gasteiger charge is -2.35. The number of carbonyl (C=O) groups excluding carboxylic acids is 2. The molecule has 0 amide bonds. The number of ether oxygens (including phenoxy) is 4. The highest BCUT2D eigenvalue weighted by atomic mass is 79.9. The first-order valence-electron chi connectivity index (χ1n) is 14.6. The van der Waals surface area contributed by atoms with Crippen LogP contribution in [-0.4, -0.2) is 84.5 Å². The maximum atomic E-state index is 13.2. The summed E-state index contributed by atoms with van der Waals surface area (Å²) in [6, 6.07) is 7.76. The van der Waals surface area contributed by atoms with Gasteiger partial charge in [0.2, 0.25) is 0 Å². The summed E-state index contributed by atoms with van der Waals surface area (Å²) in [5, 5.41) is 1.62. The number of hydrogen-bond acceptors (Lipinski definition) is 8. The van der Waals surface area contributed by atoms with Gasteiger partial charge in [-0.1, -0.05) is 0 Å². The van der Waals surface area contributed by atoms with Crippen molar-refractivity contribution in [3.63, 3.8) is 0 Å². The molecule has 10 nitrogen and oxygen atoms in total. The minimum absolute atomic E-state index is 0.298. The van der Waals surface area contributed by atoms with Gasteiger partial charge in [0.05, 0.1) is 58.5 Å². The number of benzene rings is 2. The van der Waals surface area contributed by atoms with Crippen LogP contribution in [0.25, 0.3) is 21.8 Å². The fourth-order valence-electron chi connectivity index (χ4n) is 6.05. The molecule has 0 saturated carbocycles. The van der Waals surface area contributed by atoms with Gasteiger partial charge in [-0.2, -0.15) is 0 Å². The van der Waals surface area contributed by atoms with Crippen LogP contribution in [0.4, 0.5) is 0 Å². The van der Waals surface area contributed by atoms with Gasteiger partial charge in [-0.25, -0.2) is 9.59 Å². The van der Waals surface area contributed by atoms with Crippen LogP contribution >= 0.6 is 31.9 Å². The Bertz CT molecular complexity index is 1600. The molecule has 2 aromatic heterocycles. The van der Waals surface area contributed by atoms with E-state index in [1.54, 1.807) is 14.2 Å². The van der Waals surface area contributed by atoms with E-state index in [-0.39, 0.29) is 11.9 Å². The van der Waals surface area contributed by atoms with Crippen LogP contribution in [0.1, 0.15) is 46.0 Å². The Morgan fingerprint density at radius 3 is 1.36 bits per heavy atom. The molecular weight excluding hydrogens is 696 g/mol. The molecule has 5 rings (SSSR count). The average molecular weight is 734 g/mol. The van der Waals surface area contributed by atoms with E-state index in [9.17, 15) is 9.59 Å². The summed E-state index contributed by atoms with van der Waals surface area (Å²) in [6.07, 6.45) is 0. The Morgan fingerprint density at radius 1 is 0.682 bits per heavy atom. The van der Waals surface area contributed by atoms with Crippen molar-refractivity contribution in [2.45, 2.75) is 26.9 Å². The number of hydrogen-bond donors (Lipinski definition) is 0. The summed E-state index contributed by atoms with van der Waals surface area (Å²) >= 11 is 7.17. The molecule has 236 valence electrons. The van der Waals surface area contributed by atoms with Gasteiger partial charge in [-0.15, -0.1) is 0 Å². The third-order valence-corrected chi connectivity index (χ3v) is 9.60. The van der Waals surface area contributed by atoms with Gasteiger partial charge in [-0.05, 0) is 70.0 Å². The van der Waals surface area contributed by atoms with Crippen molar-refractivity contribution in [1.82, 2.24) is 18.9 Å². The summed E-state index contributed by atoms with van der Waals surface area (Å²) in [5.74, 6) is 0.661. The van der Waals surface area contributed by atoms with E-state index < -0.39 is 0 Å². The maximum Gasteiger partial charge on any atom is 0.340 e. The van der Waals surface area contributed by atoms with E-state index in [1.165, 1.54) is 0 Å². The lowest BCUT2D eigenvalue weighted by molar-refractivity contribution is 0.0512. The third kappa shape index (κ3) is 5.96. The van der Waals surface area contributed by atoms with Crippen LogP contribution in [-0.2, 0) is 36.7 Å². The maximum absolute atomic E-state index is 13.2. The number of fused-ring (bicyclic) bond motifs is 2. The van der Waals surface area contributed by atoms with Crippen molar-refractivity contribution in [2.75, 3.05) is 53.6 Å². The molecule has 44 heavy (non-hydrogen) atoms. The molecule has 0 aliphatic carbocycles. The predicted molar refractivity (Wildman–Crippen MR) is 177 cm³/mol. The Morgan fingerprint density at radius 2 is 1.05 bits per heavy atom. The zero-order chi connectivity index (χ0) is 31.7. The van der Waals surface area contributed by atoms with Gasteiger partial charge < -0.3 is 28.1 Å². The summed E-state index contributed by atoms with van der Waals surface area (Å²) in [7, 11) is 7.20. The fraction of sp³-hybridized carbons (Fsp3) is 0.438. The van der Waals surface area contributed by atoms with Crippen molar-refractivity contribution < 1.29 is 28.5 Å². The molecule has 2 aromatic carbocycles. The SMILES string of the molecule is CCOC(=O)c1c(CN2CCN(Cc3c(C(=O)OCC)c4cc(OC)c(Br)cc4n3C)CC2)n(C)c2cc(Br)c(OC)cc12. The summed E-state index contributed by atoms with van der Waals surface area (Å²) in [6.45, 7) is 8.63. The van der Waals surface area contributed by atoms with Crippen molar-refractivity contribution in [3.05, 3.63) is 55.7 Å². The van der Waals surface area contributed by atoms with Crippen LogP contribution in [0.15, 0.2) is 33.2 Å². The molecule has 0 radical (unpaired) electrons. The van der Waals surface area contributed by atoms with Gasteiger partial charge in [0.15, 0.2) is 0 Å². The second-order valence-corrected chi connectivity index (χ2v) is 12.5. The molecule has 1 saturated heterocycles. The molecule has 0 spiro atoms. The second-order valence-electron chi connectivity index (χ2n) is 10.8. The minimum Gasteiger partial charge on any atom is -0.496 e. The van der Waals surface area contributed by atoms with Gasteiger partial charge >= 0.3 is 11.9 Å². The lowest BCUT2D eigenvalue weighted by atomic mass is 10.1. The van der Waals surface area contributed by atoms with Crippen LogP contribution in [0.5, 0.6) is 11.5 Å². The Kier molecular flexibility index (Phi) is 9.93. The molecule has 1 aliphatic rings. The van der Waals surface area contributed by atoms with Crippen LogP contribution < -0.4 is 9.47 Å². The molecule has 0 bridgehead atoms. The van der Waals surface area contributed by atoms with Crippen molar-refractivity contribution in [2.24, 2.45) is 14.1 Å². The molecule has 0 unspecified atom stereocenters. The first-order valence-corrected chi connectivity index (χ1v) is 16.2. The Balaban J connectivity index is 1.40. The van der Waals surface area contributed by atoms with Gasteiger partial charge in [-0.3, -0.25) is 9.80 Å². The van der Waals surface area contributed by atoms with Crippen molar-refractivity contribution in [3.8, 4) is 11.5 Å². The highest BCUT2D eigenvalue weighted by Gasteiger charge is 2.29. The van der Waals surface area contributed by atoms with Gasteiger partial charge in [0.25, 0.3) is 0 Å². The molecule has 4 aromatic rings. The number of piperazine rings is 1. The normalized spacial score (nSPS) is 14.4. The summed E-state index contributed by atoms with van der Waals surface area (Å²) in [5.41, 5.74) is 4.83. The number of esters is 2. The standard InChI is InChI=1S/C32H38Br2N4O6/c1-7-43-31(39)29-19-13-27(41-5)21(33)15-23(19)35(3)25(29)17-37-9-11-38(12-10-37)18-26-30(32(40)44-8-2)20-14-28(42-6)22(34)16-24(20)36(26)4/h13-16H,7-12,17-18H2,1-6H3. The highest BCUT2D eigenvalue weighted by molar-refractivity contribution is 9.11. The first kappa shape index (κ1) is 32.3. The first-order chi connectivity index (χ1) is 21.1. The van der Waals surface area contributed by atoms with Gasteiger partial charge in [0.1, 0.15) is 11.5 Å². The number of nitrogens with zero attached hydrogens (tertiary/aromatic N) is 4. The lowest BCUT2D eigenvalue weighted by Crippen LogP contribution is -2.46. The minimum atomic E-state index is -0.332. The van der Waals surface area contributed by atoms with E-state index in [0.717, 1.165) is 68.3 Å². The number of aromatic nitrogens is 2. The number of carbonyl (C=O) groups is 2. The smallest absolute Gasteiger partial charge is 0.340 e. The van der Waals surface area contributed by atoms with Crippen LogP contribution in [0.3, 0.4) is 0 Å². The fourth-order valence-corrected chi connectivity index (χ4v) is 7.04. The molecule has 0 atom stereocenters. The number of methoxy groups -OCH3 is 2. The average Bonchev–Trinajstić information content (AvgIpc) is 3.42. The zero-order valence-corrected chi connectivity index (χ0v) is 29.1. The van der Waals surface area contributed by atoms with E-state index in [1.807, 2.05) is 52.2 Å². The second kappa shape index (κ2) is 13.5. The molecule has 1 fully saturated rings. The Hall–Kier alpha value is -3.06. The molecule has 0 N–H and O–H groups in total. The van der Waals surface area contributed by atoms with Gasteiger partial charge in [0, 0.05) is 75.5 Å². The quantitative estimate of drug-likeness (QED) is 0.187. The topological polar surface area (TPSA) is 87.4 Å². The third-order valence-electron chi connectivity index (χ3n) is 8.36. The largest absolute Gasteiger partial charge is 0.496 e. The summed E-state index contributed by atoms with van der Waals surface area (Å²) in [4.78, 5) is 31.1. The van der Waals surface area contributed by atoms with E-state index in [4.69, 9.17) is 18.9 Å². The number of halogens is 2. The molecular formula is C32H38Br2N4O6. The number of rotatable bonds is 10. The molecule has 1 aliphatic heterocycles. The van der Waals surface area contributed by atoms with E-state index in [2.05, 4.69) is 50.8 Å². The highest BCUT2D eigenvalue weighted by Crippen LogP contribution is 2.37. The summed E-state index contributed by atoms with van der Waals surface area (Å²) < 4.78 is 27.8. The molecule has 12 heteroatoms. The van der Waals surface area contributed by atoms with Crippen molar-refractivity contribution in [1.29, 1.82) is 0 Å². The Labute approximate surface area is 274 Å². The van der Waals surface area contributed by atoms with E-state index >= 15 is 0 Å². The van der Waals surface area contributed by atoms with Crippen LogP contribution in [0, 0.1) is 0 Å².